The molecule has 6 nitrogen and oxygen atoms in total. The summed E-state index contributed by atoms with van der Waals surface area (Å²) in [7, 11) is 1.62. The fourth-order valence-corrected chi connectivity index (χ4v) is 3.96. The smallest absolute Gasteiger partial charge is 0.313 e. The Labute approximate surface area is 144 Å². The van der Waals surface area contributed by atoms with Crippen molar-refractivity contribution < 1.29 is 14.5 Å². The van der Waals surface area contributed by atoms with E-state index in [1.54, 1.807) is 30.1 Å². The first-order valence-corrected chi connectivity index (χ1v) is 8.19. The summed E-state index contributed by atoms with van der Waals surface area (Å²) < 4.78 is 13.8. The van der Waals surface area contributed by atoms with E-state index in [1.807, 2.05) is 0 Å². The van der Waals surface area contributed by atoms with Crippen LogP contribution in [0.5, 0.6) is 0 Å². The standard InChI is InChI=1S/C16H19ClFN3O3/c1-19-15-6-5-13(17)7-11(15)9-20(22)10-16(19,21(23)24)12-3-2-4-14(18)8-12/h5-8,12,22H,2-4,9-10H2,1H3/t12-,16-/m0/s1. The molecule has 0 saturated heterocycles. The maximum atomic E-state index is 13.8. The van der Waals surface area contributed by atoms with E-state index in [2.05, 4.69) is 0 Å². The van der Waals surface area contributed by atoms with Crippen molar-refractivity contribution in [3.8, 4) is 0 Å². The van der Waals surface area contributed by atoms with Gasteiger partial charge in [-0.3, -0.25) is 10.1 Å². The molecule has 1 N–H and O–H groups in total. The van der Waals surface area contributed by atoms with Crippen molar-refractivity contribution in [2.75, 3.05) is 18.5 Å². The van der Waals surface area contributed by atoms with Gasteiger partial charge in [-0.05, 0) is 49.1 Å². The van der Waals surface area contributed by atoms with Crippen molar-refractivity contribution in [3.05, 3.63) is 50.8 Å². The van der Waals surface area contributed by atoms with Gasteiger partial charge in [0.1, 0.15) is 6.54 Å². The summed E-state index contributed by atoms with van der Waals surface area (Å²) in [5.74, 6) is -0.964. The molecule has 1 aliphatic carbocycles. The molecular formula is C16H19ClFN3O3. The molecule has 0 amide bonds. The Balaban J connectivity index is 2.16. The third kappa shape index (κ3) is 2.76. The molecule has 0 unspecified atom stereocenters. The number of likely N-dealkylation sites (N-methyl/N-ethyl adjacent to an activating group) is 1. The van der Waals surface area contributed by atoms with Crippen LogP contribution in [0.2, 0.25) is 5.02 Å². The zero-order valence-electron chi connectivity index (χ0n) is 13.3. The van der Waals surface area contributed by atoms with Crippen LogP contribution >= 0.6 is 11.6 Å². The zero-order chi connectivity index (χ0) is 17.5. The lowest BCUT2D eigenvalue weighted by molar-refractivity contribution is -0.581. The second-order valence-corrected chi connectivity index (χ2v) is 6.84. The highest BCUT2D eigenvalue weighted by atomic mass is 35.5. The van der Waals surface area contributed by atoms with Crippen molar-refractivity contribution in [3.63, 3.8) is 0 Å². The van der Waals surface area contributed by atoms with Gasteiger partial charge in [0, 0.05) is 17.8 Å². The molecule has 0 saturated carbocycles. The molecule has 0 spiro atoms. The van der Waals surface area contributed by atoms with Gasteiger partial charge in [0.25, 0.3) is 0 Å². The Morgan fingerprint density at radius 2 is 2.25 bits per heavy atom. The van der Waals surface area contributed by atoms with Crippen LogP contribution < -0.4 is 4.90 Å². The number of hydroxylamine groups is 2. The van der Waals surface area contributed by atoms with Crippen molar-refractivity contribution in [2.45, 2.75) is 31.5 Å². The van der Waals surface area contributed by atoms with Crippen LogP contribution in [0.3, 0.4) is 0 Å². The monoisotopic (exact) mass is 355 g/mol. The number of halogens is 2. The van der Waals surface area contributed by atoms with Gasteiger partial charge >= 0.3 is 5.66 Å². The minimum atomic E-state index is -1.65. The SMILES string of the molecule is CN1c2ccc(Cl)cc2CN(O)C[C@@]1([C@@H]1C=C(F)CCC1)[N+](=O)[O-]. The highest BCUT2D eigenvalue weighted by Gasteiger charge is 2.56. The summed E-state index contributed by atoms with van der Waals surface area (Å²) in [5.41, 5.74) is -0.338. The minimum Gasteiger partial charge on any atom is -0.313 e. The number of nitrogens with zero attached hydrogens (tertiary/aromatic N) is 3. The molecule has 24 heavy (non-hydrogen) atoms. The van der Waals surface area contributed by atoms with Crippen LogP contribution in [0, 0.1) is 16.0 Å². The van der Waals surface area contributed by atoms with Crippen molar-refractivity contribution in [2.24, 2.45) is 5.92 Å². The van der Waals surface area contributed by atoms with E-state index in [0.29, 0.717) is 35.5 Å². The van der Waals surface area contributed by atoms with Gasteiger partial charge in [0.2, 0.25) is 0 Å². The summed E-state index contributed by atoms with van der Waals surface area (Å²) >= 11 is 6.02. The number of hydrogen-bond donors (Lipinski definition) is 1. The summed E-state index contributed by atoms with van der Waals surface area (Å²) in [5, 5.41) is 23.8. The predicted octanol–water partition coefficient (Wildman–Crippen LogP) is 3.61. The van der Waals surface area contributed by atoms with E-state index in [9.17, 15) is 19.7 Å². The number of allylic oxidation sites excluding steroid dienone is 1. The van der Waals surface area contributed by atoms with E-state index in [1.165, 1.54) is 6.08 Å². The van der Waals surface area contributed by atoms with Gasteiger partial charge in [-0.2, -0.15) is 5.06 Å². The molecule has 130 valence electrons. The normalized spacial score (nSPS) is 28.1. The lowest BCUT2D eigenvalue weighted by atomic mass is 9.82. The second-order valence-electron chi connectivity index (χ2n) is 6.40. The van der Waals surface area contributed by atoms with E-state index in [4.69, 9.17) is 11.6 Å². The lowest BCUT2D eigenvalue weighted by Gasteiger charge is -2.40. The van der Waals surface area contributed by atoms with E-state index >= 15 is 0 Å². The molecule has 1 heterocycles. The van der Waals surface area contributed by atoms with E-state index < -0.39 is 16.5 Å². The summed E-state index contributed by atoms with van der Waals surface area (Å²) in [4.78, 5) is 13.3. The molecule has 1 aromatic rings. The van der Waals surface area contributed by atoms with Crippen molar-refractivity contribution >= 4 is 17.3 Å². The number of benzene rings is 1. The second kappa shape index (κ2) is 6.31. The maximum absolute atomic E-state index is 13.8. The highest BCUT2D eigenvalue weighted by molar-refractivity contribution is 6.30. The van der Waals surface area contributed by atoms with Gasteiger partial charge in [-0.25, -0.2) is 4.39 Å². The highest BCUT2D eigenvalue weighted by Crippen LogP contribution is 2.41. The minimum absolute atomic E-state index is 0.120. The first-order valence-electron chi connectivity index (χ1n) is 7.81. The molecule has 1 aliphatic heterocycles. The Kier molecular flexibility index (Phi) is 4.50. The third-order valence-electron chi connectivity index (χ3n) is 4.97. The molecule has 0 fully saturated rings. The first-order chi connectivity index (χ1) is 11.3. The lowest BCUT2D eigenvalue weighted by Crippen LogP contribution is -2.62. The summed E-state index contributed by atoms with van der Waals surface area (Å²) in [6, 6.07) is 5.05. The van der Waals surface area contributed by atoms with Crippen LogP contribution in [0.15, 0.2) is 30.1 Å². The zero-order valence-corrected chi connectivity index (χ0v) is 14.0. The molecular weight excluding hydrogens is 337 g/mol. The van der Waals surface area contributed by atoms with E-state index in [0.717, 1.165) is 5.06 Å². The Morgan fingerprint density at radius 3 is 2.92 bits per heavy atom. The van der Waals surface area contributed by atoms with Gasteiger partial charge in [0.05, 0.1) is 23.2 Å². The molecule has 0 aromatic heterocycles. The first kappa shape index (κ1) is 17.1. The summed E-state index contributed by atoms with van der Waals surface area (Å²) in [6.07, 6.45) is 2.70. The average molecular weight is 356 g/mol. The van der Waals surface area contributed by atoms with Crippen LogP contribution in [0.1, 0.15) is 24.8 Å². The van der Waals surface area contributed by atoms with Gasteiger partial charge < -0.3 is 10.1 Å². The number of anilines is 1. The van der Waals surface area contributed by atoms with Crippen molar-refractivity contribution in [1.82, 2.24) is 5.06 Å². The number of nitro groups is 1. The van der Waals surface area contributed by atoms with Crippen LogP contribution in [-0.4, -0.2) is 34.4 Å². The Bertz CT molecular complexity index is 699. The average Bonchev–Trinajstić information content (AvgIpc) is 2.62. The molecule has 8 heteroatoms. The number of fused-ring (bicyclic) bond motifs is 1. The molecule has 0 radical (unpaired) electrons. The van der Waals surface area contributed by atoms with Crippen LogP contribution in [0.25, 0.3) is 0 Å². The maximum Gasteiger partial charge on any atom is 0.317 e. The van der Waals surface area contributed by atoms with Gasteiger partial charge in [-0.15, -0.1) is 0 Å². The van der Waals surface area contributed by atoms with Crippen LogP contribution in [-0.2, 0) is 6.54 Å². The van der Waals surface area contributed by atoms with Gasteiger partial charge in [0.15, 0.2) is 0 Å². The third-order valence-corrected chi connectivity index (χ3v) is 5.21. The predicted molar refractivity (Wildman–Crippen MR) is 88.3 cm³/mol. The molecule has 2 atom stereocenters. The van der Waals surface area contributed by atoms with E-state index in [-0.39, 0.29) is 18.9 Å². The molecule has 0 bridgehead atoms. The quantitative estimate of drug-likeness (QED) is 0.648. The Hall–Kier alpha value is -1.70. The fraction of sp³-hybridized carbons (Fsp3) is 0.500. The molecule has 3 rings (SSSR count). The largest absolute Gasteiger partial charge is 0.317 e. The van der Waals surface area contributed by atoms with Crippen molar-refractivity contribution in [1.29, 1.82) is 0 Å². The number of rotatable bonds is 2. The summed E-state index contributed by atoms with van der Waals surface area (Å²) in [6.45, 7) is -0.105. The molecule has 2 aliphatic rings. The molecule has 1 aromatic carbocycles. The number of hydrogen-bond acceptors (Lipinski definition) is 5. The van der Waals surface area contributed by atoms with Crippen LogP contribution in [0.4, 0.5) is 10.1 Å². The van der Waals surface area contributed by atoms with Gasteiger partial charge in [-0.1, -0.05) is 11.6 Å². The Morgan fingerprint density at radius 1 is 1.50 bits per heavy atom. The topological polar surface area (TPSA) is 69.8 Å². The fourth-order valence-electron chi connectivity index (χ4n) is 3.77.